The first-order valence-electron chi connectivity index (χ1n) is 11.1. The molecule has 4 aromatic rings. The maximum atomic E-state index is 13.5. The molecule has 194 valence electrons. The molecule has 13 heteroatoms. The second kappa shape index (κ2) is 11.1. The van der Waals surface area contributed by atoms with Crippen molar-refractivity contribution in [2.75, 3.05) is 18.7 Å². The van der Waals surface area contributed by atoms with E-state index in [-0.39, 0.29) is 35.1 Å². The average Bonchev–Trinajstić information content (AvgIpc) is 3.35. The number of nitrogens with one attached hydrogen (secondary N) is 1. The van der Waals surface area contributed by atoms with Crippen molar-refractivity contribution in [3.8, 4) is 11.4 Å². The van der Waals surface area contributed by atoms with Crippen molar-refractivity contribution in [2.24, 2.45) is 0 Å². The Morgan fingerprint density at radius 3 is 2.35 bits per heavy atom. The van der Waals surface area contributed by atoms with Crippen LogP contribution in [0.25, 0.3) is 11.4 Å². The second-order valence-corrected chi connectivity index (χ2v) is 9.60. The number of nitrogens with zero attached hydrogens (tertiary/aromatic N) is 5. The van der Waals surface area contributed by atoms with Crippen LogP contribution in [-0.2, 0) is 34.1 Å². The Morgan fingerprint density at radius 2 is 1.68 bits per heavy atom. The minimum absolute atomic E-state index is 0.00474. The van der Waals surface area contributed by atoms with Crippen LogP contribution in [0.1, 0.15) is 11.1 Å². The standard InChI is InChI=1S/C24H23F3N6O3S/c1-32(31-37(34,35)20-10-6-3-7-11-20)22-13-12-19(24(25,26)27)16-21(22)23-28-30-33(29-23)14-15-36-17-18-8-4-2-5-9-18/h2-13,16,31H,14-15,17H2,1H3. The third-order valence-corrected chi connectivity index (χ3v) is 6.64. The van der Waals surface area contributed by atoms with Gasteiger partial charge in [0.25, 0.3) is 10.0 Å². The zero-order chi connectivity index (χ0) is 26.5. The van der Waals surface area contributed by atoms with E-state index in [1.54, 1.807) is 18.2 Å². The minimum atomic E-state index is -4.63. The van der Waals surface area contributed by atoms with Crippen LogP contribution in [0.2, 0.25) is 0 Å². The van der Waals surface area contributed by atoms with Gasteiger partial charge >= 0.3 is 6.18 Å². The normalized spacial score (nSPS) is 12.0. The summed E-state index contributed by atoms with van der Waals surface area (Å²) in [5, 5.41) is 13.1. The first-order chi connectivity index (χ1) is 17.6. The van der Waals surface area contributed by atoms with E-state index in [1.807, 2.05) is 30.3 Å². The summed E-state index contributed by atoms with van der Waals surface area (Å²) in [5.74, 6) is -0.102. The largest absolute Gasteiger partial charge is 0.416 e. The molecule has 0 radical (unpaired) electrons. The molecule has 0 unspecified atom stereocenters. The molecule has 4 rings (SSSR count). The fourth-order valence-electron chi connectivity index (χ4n) is 3.42. The lowest BCUT2D eigenvalue weighted by atomic mass is 10.1. The SMILES string of the molecule is CN(NS(=O)(=O)c1ccccc1)c1ccc(C(F)(F)F)cc1-c1nnn(CCOCc2ccccc2)n1. The number of benzene rings is 3. The van der Waals surface area contributed by atoms with Crippen LogP contribution in [0.4, 0.5) is 18.9 Å². The lowest BCUT2D eigenvalue weighted by Gasteiger charge is -2.23. The van der Waals surface area contributed by atoms with Crippen molar-refractivity contribution in [3.05, 3.63) is 90.0 Å². The molecule has 0 aliphatic rings. The molecule has 0 aliphatic carbocycles. The molecule has 0 fully saturated rings. The van der Waals surface area contributed by atoms with Gasteiger partial charge in [-0.1, -0.05) is 48.5 Å². The number of rotatable bonds is 10. The summed E-state index contributed by atoms with van der Waals surface area (Å²) in [6.07, 6.45) is -4.63. The summed E-state index contributed by atoms with van der Waals surface area (Å²) in [6, 6.07) is 20.0. The van der Waals surface area contributed by atoms with Gasteiger partial charge in [0, 0.05) is 12.6 Å². The van der Waals surface area contributed by atoms with Crippen LogP contribution in [0.15, 0.2) is 83.8 Å². The number of anilines is 1. The first-order valence-corrected chi connectivity index (χ1v) is 12.5. The Balaban J connectivity index is 1.54. The monoisotopic (exact) mass is 532 g/mol. The Morgan fingerprint density at radius 1 is 1.00 bits per heavy atom. The highest BCUT2D eigenvalue weighted by Gasteiger charge is 2.32. The third kappa shape index (κ3) is 6.70. The Labute approximate surface area is 211 Å². The maximum Gasteiger partial charge on any atom is 0.416 e. The van der Waals surface area contributed by atoms with Crippen LogP contribution in [0, 0.1) is 0 Å². The fourth-order valence-corrected chi connectivity index (χ4v) is 4.50. The van der Waals surface area contributed by atoms with Gasteiger partial charge in [-0.2, -0.15) is 18.0 Å². The first kappa shape index (κ1) is 26.3. The highest BCUT2D eigenvalue weighted by molar-refractivity contribution is 7.89. The number of halogens is 3. The van der Waals surface area contributed by atoms with E-state index in [9.17, 15) is 21.6 Å². The number of tetrazole rings is 1. The molecule has 0 amide bonds. The summed E-state index contributed by atoms with van der Waals surface area (Å²) in [5.41, 5.74) is 0.106. The van der Waals surface area contributed by atoms with Crippen molar-refractivity contribution in [1.82, 2.24) is 25.0 Å². The molecule has 1 aromatic heterocycles. The van der Waals surface area contributed by atoms with Crippen LogP contribution >= 0.6 is 0 Å². The molecule has 37 heavy (non-hydrogen) atoms. The molecule has 1 N–H and O–H groups in total. The van der Waals surface area contributed by atoms with Crippen molar-refractivity contribution in [1.29, 1.82) is 0 Å². The molecule has 0 saturated carbocycles. The van der Waals surface area contributed by atoms with Crippen molar-refractivity contribution in [3.63, 3.8) is 0 Å². The van der Waals surface area contributed by atoms with Crippen LogP contribution in [-0.4, -0.2) is 42.3 Å². The summed E-state index contributed by atoms with van der Waals surface area (Å²) in [4.78, 5) is 3.55. The number of alkyl halides is 3. The average molecular weight is 533 g/mol. The lowest BCUT2D eigenvalue weighted by molar-refractivity contribution is -0.137. The number of sulfonamides is 1. The van der Waals surface area contributed by atoms with Gasteiger partial charge in [-0.3, -0.25) is 5.01 Å². The third-order valence-electron chi connectivity index (χ3n) is 5.24. The van der Waals surface area contributed by atoms with Crippen LogP contribution < -0.4 is 9.84 Å². The highest BCUT2D eigenvalue weighted by Crippen LogP contribution is 2.36. The van der Waals surface area contributed by atoms with Gasteiger partial charge in [-0.15, -0.1) is 15.0 Å². The fraction of sp³-hybridized carbons (Fsp3) is 0.208. The molecule has 0 aliphatic heterocycles. The second-order valence-electron chi connectivity index (χ2n) is 7.94. The molecular weight excluding hydrogens is 509 g/mol. The molecule has 3 aromatic carbocycles. The smallest absolute Gasteiger partial charge is 0.375 e. The molecule has 1 heterocycles. The van der Waals surface area contributed by atoms with Gasteiger partial charge in [0.1, 0.15) is 0 Å². The van der Waals surface area contributed by atoms with E-state index >= 15 is 0 Å². The molecule has 0 saturated heterocycles. The Hall–Kier alpha value is -3.81. The van der Waals surface area contributed by atoms with E-state index in [4.69, 9.17) is 4.74 Å². The van der Waals surface area contributed by atoms with Gasteiger partial charge in [-0.25, -0.2) is 8.42 Å². The topological polar surface area (TPSA) is 102 Å². The predicted octanol–water partition coefficient (Wildman–Crippen LogP) is 3.91. The lowest BCUT2D eigenvalue weighted by Crippen LogP contribution is -2.39. The predicted molar refractivity (Wildman–Crippen MR) is 130 cm³/mol. The van der Waals surface area contributed by atoms with Crippen LogP contribution in [0.5, 0.6) is 0 Å². The molecule has 0 atom stereocenters. The van der Waals surface area contributed by atoms with Gasteiger partial charge in [-0.05, 0) is 41.1 Å². The molecule has 0 bridgehead atoms. The van der Waals surface area contributed by atoms with Crippen molar-refractivity contribution < 1.29 is 26.3 Å². The number of hydrogen-bond donors (Lipinski definition) is 1. The molecule has 9 nitrogen and oxygen atoms in total. The zero-order valence-electron chi connectivity index (χ0n) is 19.6. The van der Waals surface area contributed by atoms with Gasteiger partial charge < -0.3 is 4.74 Å². The number of ether oxygens (including phenoxy) is 1. The van der Waals surface area contributed by atoms with E-state index < -0.39 is 21.8 Å². The summed E-state index contributed by atoms with van der Waals surface area (Å²) in [6.45, 7) is 0.841. The van der Waals surface area contributed by atoms with Gasteiger partial charge in [0.05, 0.1) is 35.9 Å². The number of hydrogen-bond acceptors (Lipinski definition) is 7. The quantitative estimate of drug-likeness (QED) is 0.244. The summed E-state index contributed by atoms with van der Waals surface area (Å²) < 4.78 is 71.5. The van der Waals surface area contributed by atoms with E-state index in [0.29, 0.717) is 6.61 Å². The van der Waals surface area contributed by atoms with Crippen LogP contribution in [0.3, 0.4) is 0 Å². The van der Waals surface area contributed by atoms with Crippen molar-refractivity contribution >= 4 is 15.7 Å². The van der Waals surface area contributed by atoms with E-state index in [1.165, 1.54) is 24.0 Å². The van der Waals surface area contributed by atoms with E-state index in [0.717, 1.165) is 28.8 Å². The summed E-state index contributed by atoms with van der Waals surface area (Å²) in [7, 11) is -2.63. The number of hydrazine groups is 1. The maximum absolute atomic E-state index is 13.5. The highest BCUT2D eigenvalue weighted by atomic mass is 32.2. The molecular formula is C24H23F3N6O3S. The molecule has 0 spiro atoms. The van der Waals surface area contributed by atoms with Crippen molar-refractivity contribution in [2.45, 2.75) is 24.2 Å². The van der Waals surface area contributed by atoms with Gasteiger partial charge in [0.15, 0.2) is 0 Å². The minimum Gasteiger partial charge on any atom is -0.375 e. The Bertz CT molecular complexity index is 1430. The number of aromatic nitrogens is 4. The Kier molecular flexibility index (Phi) is 7.86. The summed E-state index contributed by atoms with van der Waals surface area (Å²) >= 11 is 0. The van der Waals surface area contributed by atoms with Gasteiger partial charge in [0.2, 0.25) is 5.82 Å². The van der Waals surface area contributed by atoms with E-state index in [2.05, 4.69) is 20.2 Å². The zero-order valence-corrected chi connectivity index (χ0v) is 20.4.